The molecule has 4 aromatic rings. The van der Waals surface area contributed by atoms with Crippen LogP contribution in [0.15, 0.2) is 59.5 Å². The Balaban J connectivity index is 1.69. The van der Waals surface area contributed by atoms with Gasteiger partial charge in [0.25, 0.3) is 11.5 Å². The zero-order valence-corrected chi connectivity index (χ0v) is 19.3. The maximum absolute atomic E-state index is 13.9. The zero-order valence-electron chi connectivity index (χ0n) is 19.3. The van der Waals surface area contributed by atoms with E-state index in [1.165, 1.54) is 6.42 Å². The van der Waals surface area contributed by atoms with Gasteiger partial charge in [-0.25, -0.2) is 4.98 Å². The lowest BCUT2D eigenvalue weighted by Gasteiger charge is -2.33. The molecule has 33 heavy (non-hydrogen) atoms. The van der Waals surface area contributed by atoms with Gasteiger partial charge in [0, 0.05) is 25.3 Å². The van der Waals surface area contributed by atoms with Crippen molar-refractivity contribution in [3.8, 4) is 0 Å². The molecular formula is C27H30N4O2. The van der Waals surface area contributed by atoms with E-state index in [0.29, 0.717) is 35.5 Å². The van der Waals surface area contributed by atoms with Crippen LogP contribution in [-0.2, 0) is 6.54 Å². The molecule has 0 bridgehead atoms. The number of carbonyl (C=O) groups excluding carboxylic acids is 1. The monoisotopic (exact) mass is 442 g/mol. The van der Waals surface area contributed by atoms with E-state index in [0.717, 1.165) is 36.8 Å². The first-order valence-corrected chi connectivity index (χ1v) is 11.9. The average molecular weight is 443 g/mol. The molecule has 0 spiro atoms. The highest BCUT2D eigenvalue weighted by atomic mass is 16.2. The summed E-state index contributed by atoms with van der Waals surface area (Å²) in [6, 6.07) is 15.9. The highest BCUT2D eigenvalue weighted by Crippen LogP contribution is 2.26. The van der Waals surface area contributed by atoms with Crippen molar-refractivity contribution in [3.63, 3.8) is 0 Å². The summed E-state index contributed by atoms with van der Waals surface area (Å²) in [5, 5.41) is 0.483. The molecule has 3 heterocycles. The number of rotatable bonds is 5. The molecule has 3 aromatic heterocycles. The highest BCUT2D eigenvalue weighted by Gasteiger charge is 2.28. The Hall–Kier alpha value is -3.41. The second-order valence-electron chi connectivity index (χ2n) is 9.07. The van der Waals surface area contributed by atoms with Crippen molar-refractivity contribution < 1.29 is 4.79 Å². The first-order valence-electron chi connectivity index (χ1n) is 11.9. The lowest BCUT2D eigenvalue weighted by atomic mass is 9.94. The van der Waals surface area contributed by atoms with Crippen molar-refractivity contribution in [3.05, 3.63) is 81.9 Å². The molecule has 0 N–H and O–H groups in total. The molecule has 0 atom stereocenters. The largest absolute Gasteiger partial charge is 0.335 e. The number of hydrogen-bond acceptors (Lipinski definition) is 3. The third kappa shape index (κ3) is 3.94. The van der Waals surface area contributed by atoms with Gasteiger partial charge in [-0.15, -0.1) is 0 Å². The minimum atomic E-state index is -0.139. The maximum Gasteiger partial charge on any atom is 0.270 e. The van der Waals surface area contributed by atoms with Crippen LogP contribution in [0, 0.1) is 6.92 Å². The number of hydrogen-bond donors (Lipinski definition) is 0. The van der Waals surface area contributed by atoms with Gasteiger partial charge < -0.3 is 9.47 Å². The van der Waals surface area contributed by atoms with Crippen LogP contribution in [0.5, 0.6) is 0 Å². The topological polar surface area (TPSA) is 59.6 Å². The number of nitrogens with zero attached hydrogens (tertiary/aromatic N) is 4. The summed E-state index contributed by atoms with van der Waals surface area (Å²) in [6.07, 6.45) is 7.46. The van der Waals surface area contributed by atoms with Gasteiger partial charge in [-0.1, -0.05) is 55.7 Å². The van der Waals surface area contributed by atoms with E-state index in [9.17, 15) is 9.59 Å². The average Bonchev–Trinajstić information content (AvgIpc) is 3.20. The lowest BCUT2D eigenvalue weighted by molar-refractivity contribution is 0.0638. The molecule has 0 unspecified atom stereocenters. The second-order valence-corrected chi connectivity index (χ2v) is 9.07. The van der Waals surface area contributed by atoms with E-state index in [4.69, 9.17) is 4.98 Å². The zero-order chi connectivity index (χ0) is 22.9. The molecule has 0 aliphatic heterocycles. The molecule has 0 radical (unpaired) electrons. The molecule has 170 valence electrons. The summed E-state index contributed by atoms with van der Waals surface area (Å²) < 4.78 is 3.51. The first-order chi connectivity index (χ1) is 16.1. The highest BCUT2D eigenvalue weighted by molar-refractivity contribution is 5.98. The summed E-state index contributed by atoms with van der Waals surface area (Å²) >= 11 is 0. The molecular weight excluding hydrogens is 412 g/mol. The Morgan fingerprint density at radius 2 is 1.85 bits per heavy atom. The molecule has 1 saturated carbocycles. The summed E-state index contributed by atoms with van der Waals surface area (Å²) in [7, 11) is 0. The Morgan fingerprint density at radius 3 is 2.58 bits per heavy atom. The number of benzene rings is 1. The van der Waals surface area contributed by atoms with Gasteiger partial charge in [0.15, 0.2) is 0 Å². The van der Waals surface area contributed by atoms with Crippen LogP contribution in [0.1, 0.15) is 60.6 Å². The third-order valence-electron chi connectivity index (χ3n) is 6.83. The lowest BCUT2D eigenvalue weighted by Crippen LogP contribution is -2.42. The SMILES string of the molecule is CCN(C(=O)c1cc2c(=O)n3cc(C)ccc3nc2n1Cc1ccccc1)C1CCCCC1. The van der Waals surface area contributed by atoms with Crippen molar-refractivity contribution in [2.45, 2.75) is 58.5 Å². The molecule has 1 aromatic carbocycles. The number of carbonyl (C=O) groups is 1. The molecule has 6 heteroatoms. The van der Waals surface area contributed by atoms with E-state index < -0.39 is 0 Å². The number of aromatic nitrogens is 3. The Morgan fingerprint density at radius 1 is 1.09 bits per heavy atom. The third-order valence-corrected chi connectivity index (χ3v) is 6.83. The van der Waals surface area contributed by atoms with Gasteiger partial charge in [0.1, 0.15) is 17.0 Å². The van der Waals surface area contributed by atoms with Crippen molar-refractivity contribution in [1.82, 2.24) is 18.9 Å². The van der Waals surface area contributed by atoms with E-state index in [2.05, 4.69) is 0 Å². The quantitative estimate of drug-likeness (QED) is 0.446. The first kappa shape index (κ1) is 21.4. The Bertz CT molecular complexity index is 1360. The fourth-order valence-corrected chi connectivity index (χ4v) is 5.12. The van der Waals surface area contributed by atoms with Crippen LogP contribution in [-0.4, -0.2) is 37.3 Å². The molecule has 0 saturated heterocycles. The molecule has 1 aliphatic rings. The van der Waals surface area contributed by atoms with Crippen LogP contribution in [0.4, 0.5) is 0 Å². The Kier molecular flexibility index (Phi) is 5.75. The fourth-order valence-electron chi connectivity index (χ4n) is 5.12. The standard InChI is InChI=1S/C27H30N4O2/c1-3-29(21-12-8-5-9-13-21)27(33)23-16-22-25(30(23)18-20-10-6-4-7-11-20)28-24-15-14-19(2)17-31(24)26(22)32/h4,6-7,10-11,14-17,21H,3,5,8-9,12-13,18H2,1-2H3. The minimum absolute atomic E-state index is 0.0111. The second kappa shape index (κ2) is 8.85. The van der Waals surface area contributed by atoms with Crippen LogP contribution < -0.4 is 5.56 Å². The summed E-state index contributed by atoms with van der Waals surface area (Å²) in [5.74, 6) is -0.0111. The van der Waals surface area contributed by atoms with Gasteiger partial charge in [-0.2, -0.15) is 0 Å². The molecule has 1 aliphatic carbocycles. The van der Waals surface area contributed by atoms with Gasteiger partial charge in [0.2, 0.25) is 0 Å². The van der Waals surface area contributed by atoms with Gasteiger partial charge in [-0.3, -0.25) is 14.0 Å². The van der Waals surface area contributed by atoms with Crippen molar-refractivity contribution in [2.24, 2.45) is 0 Å². The molecule has 6 nitrogen and oxygen atoms in total. The number of pyridine rings is 1. The van der Waals surface area contributed by atoms with Crippen LogP contribution in [0.2, 0.25) is 0 Å². The van der Waals surface area contributed by atoms with Gasteiger partial charge in [0.05, 0.1) is 5.39 Å². The van der Waals surface area contributed by atoms with Crippen LogP contribution in [0.3, 0.4) is 0 Å². The smallest absolute Gasteiger partial charge is 0.270 e. The van der Waals surface area contributed by atoms with E-state index in [1.54, 1.807) is 16.7 Å². The summed E-state index contributed by atoms with van der Waals surface area (Å²) in [5.41, 5.74) is 3.61. The number of fused-ring (bicyclic) bond motifs is 2. The van der Waals surface area contributed by atoms with Gasteiger partial charge >= 0.3 is 0 Å². The van der Waals surface area contributed by atoms with Crippen LogP contribution >= 0.6 is 0 Å². The van der Waals surface area contributed by atoms with E-state index in [-0.39, 0.29) is 17.5 Å². The Labute approximate surface area is 193 Å². The molecule has 5 rings (SSSR count). The fraction of sp³-hybridized carbons (Fsp3) is 0.370. The van der Waals surface area contributed by atoms with E-state index in [1.807, 2.05) is 65.8 Å². The van der Waals surface area contributed by atoms with Crippen molar-refractivity contribution >= 4 is 22.6 Å². The van der Waals surface area contributed by atoms with Gasteiger partial charge in [-0.05, 0) is 49.9 Å². The predicted molar refractivity (Wildman–Crippen MR) is 131 cm³/mol. The predicted octanol–water partition coefficient (Wildman–Crippen LogP) is 4.80. The van der Waals surface area contributed by atoms with Crippen molar-refractivity contribution in [2.75, 3.05) is 6.54 Å². The molecule has 1 fully saturated rings. The maximum atomic E-state index is 13.9. The normalized spacial score (nSPS) is 14.7. The minimum Gasteiger partial charge on any atom is -0.335 e. The summed E-state index contributed by atoms with van der Waals surface area (Å²) in [6.45, 7) is 5.14. The number of aryl methyl sites for hydroxylation is 1. The summed E-state index contributed by atoms with van der Waals surface area (Å²) in [4.78, 5) is 34.1. The van der Waals surface area contributed by atoms with Crippen molar-refractivity contribution in [1.29, 1.82) is 0 Å². The number of amides is 1. The molecule has 1 amide bonds. The van der Waals surface area contributed by atoms with E-state index >= 15 is 0 Å². The van der Waals surface area contributed by atoms with Crippen LogP contribution in [0.25, 0.3) is 16.7 Å².